The zero-order chi connectivity index (χ0) is 16.2. The summed E-state index contributed by atoms with van der Waals surface area (Å²) in [6.07, 6.45) is 4.40. The highest BCUT2D eigenvalue weighted by atomic mass is 32.1. The molecule has 2 aromatic heterocycles. The van der Waals surface area contributed by atoms with Crippen LogP contribution in [0.15, 0.2) is 47.5 Å². The van der Waals surface area contributed by atoms with Crippen molar-refractivity contribution in [2.75, 3.05) is 6.54 Å². The number of amides is 1. The summed E-state index contributed by atoms with van der Waals surface area (Å²) in [4.78, 5) is 16.2. The number of carbonyl (C=O) groups is 1. The van der Waals surface area contributed by atoms with Crippen LogP contribution in [0.2, 0.25) is 0 Å². The maximum absolute atomic E-state index is 13.3. The molecule has 2 heterocycles. The van der Waals surface area contributed by atoms with Crippen LogP contribution in [-0.4, -0.2) is 17.4 Å². The fraction of sp³-hybridized carbons (Fsp3) is 0.167. The second-order valence-corrected chi connectivity index (χ2v) is 6.33. The molecule has 0 aliphatic rings. The van der Waals surface area contributed by atoms with Crippen molar-refractivity contribution in [1.82, 2.24) is 10.3 Å². The van der Waals surface area contributed by atoms with E-state index in [0.717, 1.165) is 21.3 Å². The van der Waals surface area contributed by atoms with Crippen molar-refractivity contribution < 1.29 is 9.18 Å². The molecule has 0 radical (unpaired) electrons. The standard InChI is InChI=1S/C18H17FN2OS/c1-12(9-15-3-2-8-23-15)18(22)20-7-6-13-11-21-17-5-4-14(19)10-16(13)17/h2-5,8-11,21H,6-7H2,1H3,(H,20,22). The van der Waals surface area contributed by atoms with E-state index in [9.17, 15) is 9.18 Å². The lowest BCUT2D eigenvalue weighted by molar-refractivity contribution is -0.117. The van der Waals surface area contributed by atoms with Gasteiger partial charge in [0.2, 0.25) is 5.91 Å². The van der Waals surface area contributed by atoms with Gasteiger partial charge < -0.3 is 10.3 Å². The molecule has 0 unspecified atom stereocenters. The fourth-order valence-corrected chi connectivity index (χ4v) is 3.18. The average molecular weight is 328 g/mol. The third-order valence-electron chi connectivity index (χ3n) is 3.67. The molecule has 118 valence electrons. The Labute approximate surface area is 137 Å². The number of hydrogen-bond donors (Lipinski definition) is 2. The maximum atomic E-state index is 13.3. The predicted molar refractivity (Wildman–Crippen MR) is 92.9 cm³/mol. The maximum Gasteiger partial charge on any atom is 0.246 e. The summed E-state index contributed by atoms with van der Waals surface area (Å²) in [6, 6.07) is 8.61. The van der Waals surface area contributed by atoms with Gasteiger partial charge in [-0.25, -0.2) is 4.39 Å². The van der Waals surface area contributed by atoms with E-state index in [2.05, 4.69) is 10.3 Å². The second-order valence-electron chi connectivity index (χ2n) is 5.35. The minimum absolute atomic E-state index is 0.0792. The van der Waals surface area contributed by atoms with Crippen LogP contribution in [0.25, 0.3) is 17.0 Å². The van der Waals surface area contributed by atoms with E-state index >= 15 is 0 Å². The van der Waals surface area contributed by atoms with Gasteiger partial charge in [-0.05, 0) is 54.6 Å². The van der Waals surface area contributed by atoms with Crippen molar-refractivity contribution in [3.8, 4) is 0 Å². The number of fused-ring (bicyclic) bond motifs is 1. The van der Waals surface area contributed by atoms with Gasteiger partial charge in [0.05, 0.1) is 0 Å². The molecular weight excluding hydrogens is 311 g/mol. The lowest BCUT2D eigenvalue weighted by atomic mass is 10.1. The quantitative estimate of drug-likeness (QED) is 0.680. The number of carbonyl (C=O) groups excluding carboxylic acids is 1. The van der Waals surface area contributed by atoms with E-state index in [4.69, 9.17) is 0 Å². The molecule has 1 aromatic carbocycles. The zero-order valence-electron chi connectivity index (χ0n) is 12.7. The SMILES string of the molecule is CC(=Cc1cccs1)C(=O)NCCc1c[nH]c2ccc(F)cc12. The van der Waals surface area contributed by atoms with Gasteiger partial charge in [0.15, 0.2) is 0 Å². The molecule has 3 nitrogen and oxygen atoms in total. The van der Waals surface area contributed by atoms with Gasteiger partial charge >= 0.3 is 0 Å². The Balaban J connectivity index is 1.60. The average Bonchev–Trinajstić information content (AvgIpc) is 3.17. The van der Waals surface area contributed by atoms with E-state index in [1.54, 1.807) is 24.3 Å². The fourth-order valence-electron chi connectivity index (χ4n) is 2.46. The first-order chi connectivity index (χ1) is 11.1. The molecule has 2 N–H and O–H groups in total. The number of benzene rings is 1. The van der Waals surface area contributed by atoms with Crippen molar-refractivity contribution in [1.29, 1.82) is 0 Å². The number of hydrogen-bond acceptors (Lipinski definition) is 2. The Bertz CT molecular complexity index is 849. The first kappa shape index (κ1) is 15.5. The van der Waals surface area contributed by atoms with Gasteiger partial charge in [-0.1, -0.05) is 6.07 Å². The normalized spacial score (nSPS) is 11.8. The molecule has 0 fully saturated rings. The highest BCUT2D eigenvalue weighted by Gasteiger charge is 2.07. The van der Waals surface area contributed by atoms with Crippen LogP contribution in [0.5, 0.6) is 0 Å². The minimum Gasteiger partial charge on any atom is -0.361 e. The van der Waals surface area contributed by atoms with E-state index < -0.39 is 0 Å². The van der Waals surface area contributed by atoms with Gasteiger partial charge in [-0.3, -0.25) is 4.79 Å². The largest absolute Gasteiger partial charge is 0.361 e. The van der Waals surface area contributed by atoms with Crippen LogP contribution in [0, 0.1) is 5.82 Å². The lowest BCUT2D eigenvalue weighted by Gasteiger charge is -2.05. The number of aromatic amines is 1. The van der Waals surface area contributed by atoms with Gasteiger partial charge in [0.25, 0.3) is 0 Å². The minimum atomic E-state index is -0.253. The van der Waals surface area contributed by atoms with Gasteiger partial charge in [0, 0.05) is 34.1 Å². The molecule has 5 heteroatoms. The summed E-state index contributed by atoms with van der Waals surface area (Å²) < 4.78 is 13.3. The predicted octanol–water partition coefficient (Wildman–Crippen LogP) is 4.13. The Kier molecular flexibility index (Phi) is 4.57. The Morgan fingerprint density at radius 1 is 1.39 bits per heavy atom. The monoisotopic (exact) mass is 328 g/mol. The lowest BCUT2D eigenvalue weighted by Crippen LogP contribution is -2.26. The summed E-state index contributed by atoms with van der Waals surface area (Å²) >= 11 is 1.60. The third kappa shape index (κ3) is 3.68. The van der Waals surface area contributed by atoms with Crippen LogP contribution in [0.3, 0.4) is 0 Å². The second kappa shape index (κ2) is 6.79. The molecular formula is C18H17FN2OS. The van der Waals surface area contributed by atoms with Gasteiger partial charge in [0.1, 0.15) is 5.82 Å². The number of H-pyrrole nitrogens is 1. The molecule has 0 spiro atoms. The number of thiophene rings is 1. The topological polar surface area (TPSA) is 44.9 Å². The van der Waals surface area contributed by atoms with E-state index in [1.807, 2.05) is 29.8 Å². The van der Waals surface area contributed by atoms with Crippen molar-refractivity contribution in [2.45, 2.75) is 13.3 Å². The summed E-state index contributed by atoms with van der Waals surface area (Å²) in [7, 11) is 0. The van der Waals surface area contributed by atoms with Crippen molar-refractivity contribution in [3.05, 3.63) is 63.7 Å². The smallest absolute Gasteiger partial charge is 0.246 e. The number of aromatic nitrogens is 1. The molecule has 0 aliphatic heterocycles. The van der Waals surface area contributed by atoms with Crippen molar-refractivity contribution in [2.24, 2.45) is 0 Å². The molecule has 23 heavy (non-hydrogen) atoms. The summed E-state index contributed by atoms with van der Waals surface area (Å²) in [5.41, 5.74) is 2.58. The zero-order valence-corrected chi connectivity index (χ0v) is 13.5. The highest BCUT2D eigenvalue weighted by molar-refractivity contribution is 7.10. The molecule has 0 aliphatic carbocycles. The van der Waals surface area contributed by atoms with Crippen LogP contribution >= 0.6 is 11.3 Å². The molecule has 0 saturated carbocycles. The molecule has 0 bridgehead atoms. The summed E-state index contributed by atoms with van der Waals surface area (Å²) in [5, 5.41) is 5.75. The van der Waals surface area contributed by atoms with Crippen LogP contribution < -0.4 is 5.32 Å². The van der Waals surface area contributed by atoms with Crippen molar-refractivity contribution in [3.63, 3.8) is 0 Å². The van der Waals surface area contributed by atoms with Crippen LogP contribution in [-0.2, 0) is 11.2 Å². The molecule has 1 amide bonds. The van der Waals surface area contributed by atoms with Crippen LogP contribution in [0.4, 0.5) is 4.39 Å². The van der Waals surface area contributed by atoms with Gasteiger partial charge in [-0.2, -0.15) is 0 Å². The Morgan fingerprint density at radius 2 is 2.26 bits per heavy atom. The summed E-state index contributed by atoms with van der Waals surface area (Å²) in [6.45, 7) is 2.31. The van der Waals surface area contributed by atoms with E-state index in [0.29, 0.717) is 18.5 Å². The van der Waals surface area contributed by atoms with Gasteiger partial charge in [-0.15, -0.1) is 11.3 Å². The molecule has 0 atom stereocenters. The van der Waals surface area contributed by atoms with E-state index in [-0.39, 0.29) is 11.7 Å². The number of nitrogens with one attached hydrogen (secondary N) is 2. The highest BCUT2D eigenvalue weighted by Crippen LogP contribution is 2.19. The Morgan fingerprint density at radius 3 is 3.04 bits per heavy atom. The van der Waals surface area contributed by atoms with Crippen molar-refractivity contribution >= 4 is 34.2 Å². The third-order valence-corrected chi connectivity index (χ3v) is 4.49. The molecule has 0 saturated heterocycles. The first-order valence-corrected chi connectivity index (χ1v) is 8.27. The van der Waals surface area contributed by atoms with E-state index in [1.165, 1.54) is 12.1 Å². The molecule has 3 aromatic rings. The number of halogens is 1. The summed E-state index contributed by atoms with van der Waals surface area (Å²) in [5.74, 6) is -0.332. The Hall–Kier alpha value is -2.40. The number of rotatable bonds is 5. The first-order valence-electron chi connectivity index (χ1n) is 7.39. The van der Waals surface area contributed by atoms with Crippen LogP contribution in [0.1, 0.15) is 17.4 Å². The molecule has 3 rings (SSSR count).